The first-order valence-electron chi connectivity index (χ1n) is 19.0. The summed E-state index contributed by atoms with van der Waals surface area (Å²) in [4.78, 5) is 23.7. The Hall–Kier alpha value is -5.77. The van der Waals surface area contributed by atoms with Gasteiger partial charge in [0.1, 0.15) is 11.0 Å². The molecule has 1 unspecified atom stereocenters. The van der Waals surface area contributed by atoms with Crippen molar-refractivity contribution < 1.29 is 8.83 Å². The van der Waals surface area contributed by atoms with Gasteiger partial charge in [0.25, 0.3) is 0 Å². The van der Waals surface area contributed by atoms with Gasteiger partial charge < -0.3 is 24.8 Å². The summed E-state index contributed by atoms with van der Waals surface area (Å²) >= 11 is 0. The van der Waals surface area contributed by atoms with Crippen LogP contribution in [-0.2, 0) is 10.8 Å². The van der Waals surface area contributed by atoms with Crippen LogP contribution in [-0.4, -0.2) is 31.5 Å². The number of nitrogens with one attached hydrogen (secondary N) is 3. The fourth-order valence-corrected chi connectivity index (χ4v) is 5.98. The van der Waals surface area contributed by atoms with Crippen molar-refractivity contribution in [1.29, 1.82) is 0 Å². The molecule has 7 rings (SSSR count). The molecule has 0 radical (unpaired) electrons. The van der Waals surface area contributed by atoms with E-state index in [1.807, 2.05) is 60.7 Å². The molecule has 0 bridgehead atoms. The summed E-state index contributed by atoms with van der Waals surface area (Å²) in [6.07, 6.45) is 3.13. The van der Waals surface area contributed by atoms with E-state index >= 15 is 0 Å². The van der Waals surface area contributed by atoms with Crippen LogP contribution >= 0.6 is 0 Å². The Bertz CT molecular complexity index is 2220. The topological polar surface area (TPSA) is 127 Å². The molecule has 1 atom stereocenters. The van der Waals surface area contributed by atoms with Gasteiger partial charge in [-0.15, -0.1) is 0 Å². The van der Waals surface area contributed by atoms with E-state index in [1.54, 1.807) is 0 Å². The first kappa shape index (κ1) is 36.6. The highest BCUT2D eigenvalue weighted by atomic mass is 16.4. The average molecular weight is 723 g/mol. The Morgan fingerprint density at radius 1 is 0.556 bits per heavy atom. The van der Waals surface area contributed by atoms with Gasteiger partial charge in [-0.2, -0.15) is 15.0 Å². The highest BCUT2D eigenvalue weighted by Crippen LogP contribution is 2.34. The zero-order chi connectivity index (χ0) is 38.0. The van der Waals surface area contributed by atoms with Gasteiger partial charge in [0.15, 0.2) is 11.2 Å². The van der Waals surface area contributed by atoms with Crippen LogP contribution in [0.3, 0.4) is 0 Å². The van der Waals surface area contributed by atoms with Crippen LogP contribution in [0.15, 0.2) is 93.8 Å². The van der Waals surface area contributed by atoms with Gasteiger partial charge in [-0.05, 0) is 114 Å². The maximum atomic E-state index is 6.13. The Kier molecular flexibility index (Phi) is 10.1. The molecule has 3 heterocycles. The molecule has 278 valence electrons. The minimum Gasteiger partial charge on any atom is -0.436 e. The standard InChI is InChI=1S/C44H50N8O2/c1-9-27(4)26-45-40-50-41(46-32-18-12-28(13-19-32)38-48-34-24-30(43(5,6)10-2)16-22-36(34)53-38)52-42(51-40)47-33-20-14-29(15-21-33)39-49-35-25-31(44(7,8)11-3)17-23-37(35)54-39/h12-25,27H,9-11,26H2,1-8H3,(H3,45,46,47,50,51,52). The zero-order valence-corrected chi connectivity index (χ0v) is 32.5. The van der Waals surface area contributed by atoms with Gasteiger partial charge in [-0.3, -0.25) is 0 Å². The van der Waals surface area contributed by atoms with Gasteiger partial charge in [-0.25, -0.2) is 9.97 Å². The monoisotopic (exact) mass is 722 g/mol. The number of rotatable bonds is 14. The molecule has 7 aromatic rings. The molecule has 4 aromatic carbocycles. The SMILES string of the molecule is CCC(C)CNc1nc(Nc2ccc(-c3nc4cc(C(C)(C)CC)ccc4o3)cc2)nc(Nc2ccc(-c3nc4cc(C(C)(C)CC)ccc4o3)cc2)n1. The number of fused-ring (bicyclic) bond motifs is 2. The number of aromatic nitrogens is 5. The van der Waals surface area contributed by atoms with E-state index in [1.165, 1.54) is 11.1 Å². The predicted molar refractivity (Wildman–Crippen MR) is 220 cm³/mol. The molecule has 3 N–H and O–H groups in total. The minimum absolute atomic E-state index is 0.0736. The molecule has 0 saturated carbocycles. The Balaban J connectivity index is 1.09. The van der Waals surface area contributed by atoms with E-state index in [9.17, 15) is 0 Å². The van der Waals surface area contributed by atoms with Crippen molar-refractivity contribution in [2.24, 2.45) is 5.92 Å². The molecule has 0 aliphatic rings. The third-order valence-corrected chi connectivity index (χ3v) is 10.8. The van der Waals surface area contributed by atoms with Gasteiger partial charge in [0.2, 0.25) is 29.6 Å². The van der Waals surface area contributed by atoms with Gasteiger partial charge >= 0.3 is 0 Å². The number of hydrogen-bond acceptors (Lipinski definition) is 10. The molecule has 3 aromatic heterocycles. The second-order valence-corrected chi connectivity index (χ2v) is 15.5. The lowest BCUT2D eigenvalue weighted by Gasteiger charge is -2.22. The van der Waals surface area contributed by atoms with Crippen LogP contribution in [0, 0.1) is 5.92 Å². The fourth-order valence-electron chi connectivity index (χ4n) is 5.98. The Morgan fingerprint density at radius 3 is 1.39 bits per heavy atom. The molecule has 0 aliphatic carbocycles. The molecular weight excluding hydrogens is 673 g/mol. The maximum absolute atomic E-state index is 6.13. The molecule has 10 nitrogen and oxygen atoms in total. The lowest BCUT2D eigenvalue weighted by atomic mass is 9.82. The molecule has 0 fully saturated rings. The third kappa shape index (κ3) is 7.93. The number of anilines is 5. The summed E-state index contributed by atoms with van der Waals surface area (Å²) in [7, 11) is 0. The van der Waals surface area contributed by atoms with E-state index < -0.39 is 0 Å². The smallest absolute Gasteiger partial charge is 0.233 e. The third-order valence-electron chi connectivity index (χ3n) is 10.8. The van der Waals surface area contributed by atoms with Gasteiger partial charge in [-0.1, -0.05) is 73.9 Å². The molecule has 0 amide bonds. The van der Waals surface area contributed by atoms with E-state index in [4.69, 9.17) is 23.8 Å². The molecule has 10 heteroatoms. The first-order valence-corrected chi connectivity index (χ1v) is 19.0. The number of oxazole rings is 2. The minimum atomic E-state index is 0.0736. The molecule has 0 saturated heterocycles. The van der Waals surface area contributed by atoms with Crippen LogP contribution < -0.4 is 16.0 Å². The Labute approximate surface area is 317 Å². The van der Waals surface area contributed by atoms with Crippen molar-refractivity contribution >= 4 is 51.4 Å². The largest absolute Gasteiger partial charge is 0.436 e. The van der Waals surface area contributed by atoms with Crippen molar-refractivity contribution in [1.82, 2.24) is 24.9 Å². The lowest BCUT2D eigenvalue weighted by Crippen LogP contribution is -2.14. The summed E-state index contributed by atoms with van der Waals surface area (Å²) in [5.41, 5.74) is 9.33. The van der Waals surface area contributed by atoms with Crippen molar-refractivity contribution in [2.75, 3.05) is 22.5 Å². The van der Waals surface area contributed by atoms with Crippen molar-refractivity contribution in [3.05, 3.63) is 96.1 Å². The van der Waals surface area contributed by atoms with Gasteiger partial charge in [0.05, 0.1) is 0 Å². The summed E-state index contributed by atoms with van der Waals surface area (Å²) < 4.78 is 12.3. The Morgan fingerprint density at radius 2 is 0.981 bits per heavy atom. The average Bonchev–Trinajstić information content (AvgIpc) is 3.81. The van der Waals surface area contributed by atoms with E-state index in [0.29, 0.717) is 35.5 Å². The normalized spacial score (nSPS) is 12.7. The van der Waals surface area contributed by atoms with Crippen LogP contribution in [0.1, 0.15) is 85.8 Å². The van der Waals surface area contributed by atoms with Crippen LogP contribution in [0.4, 0.5) is 29.2 Å². The number of nitrogens with zero attached hydrogens (tertiary/aromatic N) is 5. The van der Waals surface area contributed by atoms with E-state index in [0.717, 1.165) is 70.5 Å². The second-order valence-electron chi connectivity index (χ2n) is 15.5. The summed E-state index contributed by atoms with van der Waals surface area (Å²) in [5, 5.41) is 10.1. The quantitative estimate of drug-likeness (QED) is 0.0998. The lowest BCUT2D eigenvalue weighted by molar-refractivity contribution is 0.506. The second kappa shape index (κ2) is 14.9. The highest BCUT2D eigenvalue weighted by molar-refractivity contribution is 5.79. The number of hydrogen-bond donors (Lipinski definition) is 3. The van der Waals surface area contributed by atoms with E-state index in [-0.39, 0.29) is 10.8 Å². The summed E-state index contributed by atoms with van der Waals surface area (Å²) in [6, 6.07) is 28.4. The van der Waals surface area contributed by atoms with Crippen LogP contribution in [0.2, 0.25) is 0 Å². The first-order chi connectivity index (χ1) is 25.9. The van der Waals surface area contributed by atoms with E-state index in [2.05, 4.69) is 106 Å². The van der Waals surface area contributed by atoms with Crippen LogP contribution in [0.5, 0.6) is 0 Å². The molecular formula is C44H50N8O2. The van der Waals surface area contributed by atoms with Crippen molar-refractivity contribution in [3.63, 3.8) is 0 Å². The molecule has 0 spiro atoms. The summed E-state index contributed by atoms with van der Waals surface area (Å²) in [6.45, 7) is 18.5. The predicted octanol–water partition coefficient (Wildman–Crippen LogP) is 11.8. The number of benzene rings is 4. The maximum Gasteiger partial charge on any atom is 0.233 e. The van der Waals surface area contributed by atoms with Crippen LogP contribution in [0.25, 0.3) is 45.1 Å². The highest BCUT2D eigenvalue weighted by Gasteiger charge is 2.21. The molecule has 0 aliphatic heterocycles. The summed E-state index contributed by atoms with van der Waals surface area (Å²) in [5.74, 6) is 2.93. The molecule has 54 heavy (non-hydrogen) atoms. The fraction of sp³-hybridized carbons (Fsp3) is 0.341. The van der Waals surface area contributed by atoms with Crippen molar-refractivity contribution in [3.8, 4) is 22.9 Å². The van der Waals surface area contributed by atoms with Crippen molar-refractivity contribution in [2.45, 2.75) is 85.5 Å². The zero-order valence-electron chi connectivity index (χ0n) is 32.5. The van der Waals surface area contributed by atoms with Gasteiger partial charge in [0, 0.05) is 29.0 Å².